The smallest absolute Gasteiger partial charge is 0.306 e. The monoisotopic (exact) mass is 280 g/mol. The Balaban J connectivity index is 3.31. The summed E-state index contributed by atoms with van der Waals surface area (Å²) in [6.45, 7) is 1.04. The summed E-state index contributed by atoms with van der Waals surface area (Å²) >= 11 is 0. The van der Waals surface area contributed by atoms with Gasteiger partial charge in [-0.1, -0.05) is 0 Å². The Morgan fingerprint density at radius 3 is 2.26 bits per heavy atom. The van der Waals surface area contributed by atoms with Crippen LogP contribution >= 0.6 is 0 Å². The molecule has 0 aromatic heterocycles. The zero-order chi connectivity index (χ0) is 14.8. The van der Waals surface area contributed by atoms with Crippen molar-refractivity contribution in [3.05, 3.63) is 49.6 Å². The maximum Gasteiger partial charge on any atom is 0.417 e. The minimum atomic E-state index is -4.88. The lowest BCUT2D eigenvalue weighted by molar-refractivity contribution is -0.770. The molecule has 0 radical (unpaired) electrons. The zero-order valence-corrected chi connectivity index (χ0v) is 9.38. The number of hydrogen-bond donors (Lipinski definition) is 0. The van der Waals surface area contributed by atoms with Gasteiger partial charge >= 0.3 is 6.18 Å². The first kappa shape index (κ1) is 14.7. The second-order valence-corrected chi connectivity index (χ2v) is 3.50. The molecular weight excluding hydrogens is 273 g/mol. The van der Waals surface area contributed by atoms with Crippen LogP contribution in [0.2, 0.25) is 0 Å². The van der Waals surface area contributed by atoms with Crippen molar-refractivity contribution in [1.29, 1.82) is 0 Å². The molecule has 19 heavy (non-hydrogen) atoms. The molecule has 1 aromatic carbocycles. The number of alkyl halides is 3. The van der Waals surface area contributed by atoms with Crippen LogP contribution in [0.5, 0.6) is 0 Å². The third-order valence-electron chi connectivity index (χ3n) is 2.24. The van der Waals surface area contributed by atoms with Crippen molar-refractivity contribution in [2.24, 2.45) is 0 Å². The van der Waals surface area contributed by atoms with Crippen molar-refractivity contribution in [1.82, 2.24) is 0 Å². The van der Waals surface area contributed by atoms with E-state index in [4.69, 9.17) is 0 Å². The van der Waals surface area contributed by atoms with Crippen LogP contribution in [-0.2, 0) is 11.0 Å². The molecule has 1 aromatic rings. The zero-order valence-electron chi connectivity index (χ0n) is 9.38. The summed E-state index contributed by atoms with van der Waals surface area (Å²) in [6.07, 6.45) is -6.37. The highest BCUT2D eigenvalue weighted by atomic mass is 19.4. The van der Waals surface area contributed by atoms with Gasteiger partial charge in [0.05, 0.1) is 10.5 Å². The average molecular weight is 280 g/mol. The molecule has 0 aliphatic carbocycles. The quantitative estimate of drug-likeness (QED) is 0.624. The molecular formula is C9H7F3N2O5. The van der Waals surface area contributed by atoms with Gasteiger partial charge in [-0.3, -0.25) is 10.1 Å². The first-order valence-electron chi connectivity index (χ1n) is 4.79. The second-order valence-electron chi connectivity index (χ2n) is 3.50. The molecule has 0 saturated carbocycles. The van der Waals surface area contributed by atoms with Crippen LogP contribution in [0.1, 0.15) is 24.2 Å². The van der Waals surface area contributed by atoms with Crippen LogP contribution in [-0.4, -0.2) is 10.0 Å². The van der Waals surface area contributed by atoms with E-state index in [2.05, 4.69) is 4.84 Å². The van der Waals surface area contributed by atoms with Crippen molar-refractivity contribution in [2.75, 3.05) is 0 Å². The molecule has 10 heteroatoms. The first-order valence-corrected chi connectivity index (χ1v) is 4.79. The maximum absolute atomic E-state index is 12.7. The van der Waals surface area contributed by atoms with E-state index in [1.54, 1.807) is 0 Å². The van der Waals surface area contributed by atoms with Gasteiger partial charge in [-0.2, -0.15) is 13.2 Å². The predicted octanol–water partition coefficient (Wildman–Crippen LogP) is 2.88. The Hall–Kier alpha value is -2.39. The number of nitrogens with zero attached hydrogens (tertiary/aromatic N) is 2. The highest BCUT2D eigenvalue weighted by Crippen LogP contribution is 2.37. The third-order valence-corrected chi connectivity index (χ3v) is 2.24. The molecule has 0 saturated heterocycles. The van der Waals surface area contributed by atoms with Crippen LogP contribution in [0.25, 0.3) is 0 Å². The topological polar surface area (TPSA) is 95.5 Å². The molecule has 1 unspecified atom stereocenters. The van der Waals surface area contributed by atoms with E-state index in [1.807, 2.05) is 0 Å². The lowest BCUT2D eigenvalue weighted by Crippen LogP contribution is -2.14. The van der Waals surface area contributed by atoms with Gasteiger partial charge in [0.15, 0.2) is 0 Å². The van der Waals surface area contributed by atoms with Crippen LogP contribution in [0, 0.1) is 20.2 Å². The van der Waals surface area contributed by atoms with Gasteiger partial charge in [-0.05, 0) is 18.6 Å². The van der Waals surface area contributed by atoms with Crippen molar-refractivity contribution in [3.63, 3.8) is 0 Å². The Labute approximate surface area is 103 Å². The van der Waals surface area contributed by atoms with E-state index in [0.717, 1.165) is 19.1 Å². The van der Waals surface area contributed by atoms with Crippen LogP contribution in [0.15, 0.2) is 18.2 Å². The predicted molar refractivity (Wildman–Crippen MR) is 54.6 cm³/mol. The fourth-order valence-corrected chi connectivity index (χ4v) is 1.44. The Morgan fingerprint density at radius 2 is 1.84 bits per heavy atom. The number of hydrogen-bond acceptors (Lipinski definition) is 5. The fraction of sp³-hybridized carbons (Fsp3) is 0.333. The summed E-state index contributed by atoms with van der Waals surface area (Å²) in [4.78, 5) is 23.6. The third kappa shape index (κ3) is 3.53. The second kappa shape index (κ2) is 5.08. The molecule has 0 amide bonds. The summed E-state index contributed by atoms with van der Waals surface area (Å²) in [5.74, 6) is 0. The lowest BCUT2D eigenvalue weighted by atomic mass is 10.0. The van der Waals surface area contributed by atoms with Gasteiger partial charge in [0.2, 0.25) is 0 Å². The minimum Gasteiger partial charge on any atom is -0.306 e. The number of nitro benzene ring substituents is 1. The van der Waals surface area contributed by atoms with Crippen molar-refractivity contribution in [2.45, 2.75) is 19.2 Å². The first-order chi connectivity index (χ1) is 8.62. The molecule has 0 heterocycles. The molecule has 0 spiro atoms. The normalized spacial score (nSPS) is 12.8. The highest BCUT2D eigenvalue weighted by Gasteiger charge is 2.36. The molecule has 0 bridgehead atoms. The van der Waals surface area contributed by atoms with Crippen molar-refractivity contribution < 1.29 is 28.0 Å². The minimum absolute atomic E-state index is 0.315. The lowest BCUT2D eigenvalue weighted by Gasteiger charge is -2.16. The van der Waals surface area contributed by atoms with Crippen molar-refractivity contribution >= 4 is 5.69 Å². The summed E-state index contributed by atoms with van der Waals surface area (Å²) in [5.41, 5.74) is -2.64. The van der Waals surface area contributed by atoms with Crippen LogP contribution in [0.4, 0.5) is 18.9 Å². The van der Waals surface area contributed by atoms with E-state index < -0.39 is 39.1 Å². The number of benzene rings is 1. The van der Waals surface area contributed by atoms with Crippen LogP contribution < -0.4 is 0 Å². The highest BCUT2D eigenvalue weighted by molar-refractivity contribution is 5.42. The molecule has 7 nitrogen and oxygen atoms in total. The number of nitro groups is 1. The molecule has 0 aliphatic heterocycles. The van der Waals surface area contributed by atoms with E-state index in [1.165, 1.54) is 0 Å². The van der Waals surface area contributed by atoms with Crippen molar-refractivity contribution in [3.8, 4) is 0 Å². The SMILES string of the molecule is CC(O[N+](=O)[O-])c1ccc([N+](=O)[O-])cc1C(F)(F)F. The Kier molecular flexibility index (Phi) is 3.92. The van der Waals surface area contributed by atoms with E-state index in [0.29, 0.717) is 6.07 Å². The van der Waals surface area contributed by atoms with Gasteiger partial charge in [0.25, 0.3) is 10.8 Å². The molecule has 0 N–H and O–H groups in total. The van der Waals surface area contributed by atoms with Gasteiger partial charge < -0.3 is 4.84 Å². The van der Waals surface area contributed by atoms with Gasteiger partial charge in [-0.25, -0.2) is 0 Å². The Bertz CT molecular complexity index is 517. The standard InChI is InChI=1S/C9H7F3N2O5/c1-5(19-14(17)18)7-3-2-6(13(15)16)4-8(7)9(10,11)12/h2-5H,1H3. The largest absolute Gasteiger partial charge is 0.417 e. The molecule has 1 rings (SSSR count). The molecule has 0 aliphatic rings. The van der Waals surface area contributed by atoms with Gasteiger partial charge in [0, 0.05) is 12.1 Å². The van der Waals surface area contributed by atoms with Gasteiger partial charge in [-0.15, -0.1) is 10.1 Å². The summed E-state index contributed by atoms with van der Waals surface area (Å²) in [5, 5.41) is 19.3. The van der Waals surface area contributed by atoms with Gasteiger partial charge in [0.1, 0.15) is 6.10 Å². The number of rotatable bonds is 4. The summed E-state index contributed by atoms with van der Waals surface area (Å²) in [7, 11) is 0. The molecule has 104 valence electrons. The fourth-order valence-electron chi connectivity index (χ4n) is 1.44. The maximum atomic E-state index is 12.7. The van der Waals surface area contributed by atoms with E-state index in [-0.39, 0.29) is 0 Å². The summed E-state index contributed by atoms with van der Waals surface area (Å²) in [6, 6.07) is 1.93. The number of halogens is 3. The average Bonchev–Trinajstić information content (AvgIpc) is 2.25. The van der Waals surface area contributed by atoms with Crippen LogP contribution in [0.3, 0.4) is 0 Å². The number of non-ortho nitro benzene ring substituents is 1. The summed E-state index contributed by atoms with van der Waals surface area (Å²) < 4.78 is 38.2. The molecule has 1 atom stereocenters. The molecule has 0 fully saturated rings. The van der Waals surface area contributed by atoms with E-state index in [9.17, 15) is 33.4 Å². The van der Waals surface area contributed by atoms with E-state index >= 15 is 0 Å². The Morgan fingerprint density at radius 1 is 1.26 bits per heavy atom.